The Morgan fingerprint density at radius 3 is 2.12 bits per heavy atom. The fourth-order valence-corrected chi connectivity index (χ4v) is 3.67. The topological polar surface area (TPSA) is 55.4 Å². The van der Waals surface area contributed by atoms with E-state index in [4.69, 9.17) is 4.74 Å². The first kappa shape index (κ1) is 20.0. The Labute approximate surface area is 159 Å². The number of nitrogens with one attached hydrogen (secondary N) is 1. The monoisotopic (exact) mass is 371 g/mol. The van der Waals surface area contributed by atoms with Crippen LogP contribution in [0.25, 0.3) is 0 Å². The fourth-order valence-electron chi connectivity index (χ4n) is 2.61. The maximum atomic E-state index is 13.0. The van der Waals surface area contributed by atoms with E-state index >= 15 is 0 Å². The average Bonchev–Trinajstić information content (AvgIpc) is 2.66. The highest BCUT2D eigenvalue weighted by Crippen LogP contribution is 2.35. The number of amides is 1. The van der Waals surface area contributed by atoms with Gasteiger partial charge in [-0.05, 0) is 30.0 Å². The van der Waals surface area contributed by atoms with Crippen molar-refractivity contribution in [2.24, 2.45) is 5.92 Å². The first-order valence-corrected chi connectivity index (χ1v) is 9.54. The van der Waals surface area contributed by atoms with Crippen molar-refractivity contribution in [1.82, 2.24) is 5.32 Å². The predicted molar refractivity (Wildman–Crippen MR) is 105 cm³/mol. The van der Waals surface area contributed by atoms with Crippen molar-refractivity contribution in [3.05, 3.63) is 66.2 Å². The van der Waals surface area contributed by atoms with Crippen LogP contribution in [-0.2, 0) is 14.3 Å². The normalized spacial score (nSPS) is 13.1. The van der Waals surface area contributed by atoms with Crippen LogP contribution in [0, 0.1) is 5.92 Å². The summed E-state index contributed by atoms with van der Waals surface area (Å²) in [6.45, 7) is 4.02. The molecule has 0 aliphatic heterocycles. The van der Waals surface area contributed by atoms with Gasteiger partial charge in [0.05, 0.1) is 7.11 Å². The molecule has 5 heteroatoms. The van der Waals surface area contributed by atoms with Crippen LogP contribution < -0.4 is 5.32 Å². The Balaban J connectivity index is 2.23. The number of rotatable bonds is 8. The summed E-state index contributed by atoms with van der Waals surface area (Å²) in [5.41, 5.74) is 0.895. The molecule has 1 amide bonds. The third-order valence-corrected chi connectivity index (χ3v) is 5.11. The molecule has 0 aromatic heterocycles. The van der Waals surface area contributed by atoms with Crippen molar-refractivity contribution in [3.8, 4) is 0 Å². The smallest absolute Gasteiger partial charge is 0.328 e. The van der Waals surface area contributed by atoms with Crippen LogP contribution in [0.1, 0.15) is 31.1 Å². The summed E-state index contributed by atoms with van der Waals surface area (Å²) >= 11 is 1.47. The molecule has 138 valence electrons. The lowest BCUT2D eigenvalue weighted by atomic mass is 10.0. The Kier molecular flexibility index (Phi) is 7.73. The summed E-state index contributed by atoms with van der Waals surface area (Å²) in [5.74, 6) is -0.346. The van der Waals surface area contributed by atoms with E-state index in [0.29, 0.717) is 6.42 Å². The lowest BCUT2D eigenvalue weighted by molar-refractivity contribution is -0.145. The number of esters is 1. The molecule has 0 radical (unpaired) electrons. The van der Waals surface area contributed by atoms with Gasteiger partial charge in [-0.25, -0.2) is 4.79 Å². The van der Waals surface area contributed by atoms with Crippen molar-refractivity contribution in [1.29, 1.82) is 0 Å². The lowest BCUT2D eigenvalue weighted by Crippen LogP contribution is -2.44. The highest BCUT2D eigenvalue weighted by molar-refractivity contribution is 8.00. The largest absolute Gasteiger partial charge is 0.467 e. The van der Waals surface area contributed by atoms with Gasteiger partial charge in [0.1, 0.15) is 11.3 Å². The first-order chi connectivity index (χ1) is 12.5. The number of methoxy groups -OCH3 is 1. The van der Waals surface area contributed by atoms with Crippen molar-refractivity contribution in [3.63, 3.8) is 0 Å². The van der Waals surface area contributed by atoms with Gasteiger partial charge in [-0.3, -0.25) is 4.79 Å². The third-order valence-electron chi connectivity index (χ3n) is 3.85. The molecule has 1 N–H and O–H groups in total. The van der Waals surface area contributed by atoms with E-state index in [9.17, 15) is 9.59 Å². The molecule has 2 unspecified atom stereocenters. The second kappa shape index (κ2) is 10.0. The van der Waals surface area contributed by atoms with Gasteiger partial charge in [-0.1, -0.05) is 62.4 Å². The van der Waals surface area contributed by atoms with Gasteiger partial charge in [-0.15, -0.1) is 11.8 Å². The quantitative estimate of drug-likeness (QED) is 0.557. The molecule has 0 saturated carbocycles. The van der Waals surface area contributed by atoms with Gasteiger partial charge in [-0.2, -0.15) is 0 Å². The summed E-state index contributed by atoms with van der Waals surface area (Å²) in [6.07, 6.45) is 0.538. The van der Waals surface area contributed by atoms with Crippen LogP contribution in [0.3, 0.4) is 0 Å². The van der Waals surface area contributed by atoms with E-state index in [2.05, 4.69) is 5.32 Å². The Morgan fingerprint density at radius 1 is 1.00 bits per heavy atom. The number of carbonyl (C=O) groups is 2. The first-order valence-electron chi connectivity index (χ1n) is 8.66. The number of thioether (sulfide) groups is 1. The SMILES string of the molecule is COC(=O)C(CC(C)C)NC(=O)C(Sc1ccccc1)c1ccccc1. The van der Waals surface area contributed by atoms with Gasteiger partial charge in [0.15, 0.2) is 0 Å². The van der Waals surface area contributed by atoms with Gasteiger partial charge in [0.2, 0.25) is 5.91 Å². The molecule has 26 heavy (non-hydrogen) atoms. The van der Waals surface area contributed by atoms with Crippen LogP contribution in [0.15, 0.2) is 65.6 Å². The lowest BCUT2D eigenvalue weighted by Gasteiger charge is -2.22. The van der Waals surface area contributed by atoms with Crippen LogP contribution in [0.5, 0.6) is 0 Å². The summed E-state index contributed by atoms with van der Waals surface area (Å²) in [5, 5.41) is 2.44. The zero-order chi connectivity index (χ0) is 18.9. The molecular weight excluding hydrogens is 346 g/mol. The number of benzene rings is 2. The zero-order valence-electron chi connectivity index (χ0n) is 15.3. The highest BCUT2D eigenvalue weighted by Gasteiger charge is 2.28. The van der Waals surface area contributed by atoms with E-state index < -0.39 is 17.3 Å². The maximum Gasteiger partial charge on any atom is 0.328 e. The molecule has 0 aliphatic rings. The summed E-state index contributed by atoms with van der Waals surface area (Å²) in [4.78, 5) is 26.1. The molecule has 0 heterocycles. The van der Waals surface area contributed by atoms with Crippen molar-refractivity contribution < 1.29 is 14.3 Å². The van der Waals surface area contributed by atoms with Crippen LogP contribution in [-0.4, -0.2) is 25.0 Å². The molecule has 0 fully saturated rings. The zero-order valence-corrected chi connectivity index (χ0v) is 16.2. The molecule has 2 aromatic carbocycles. The predicted octanol–water partition coefficient (Wildman–Crippen LogP) is 4.22. The maximum absolute atomic E-state index is 13.0. The van der Waals surface area contributed by atoms with E-state index in [-0.39, 0.29) is 11.8 Å². The van der Waals surface area contributed by atoms with Crippen molar-refractivity contribution in [2.45, 2.75) is 36.5 Å². The molecule has 4 nitrogen and oxygen atoms in total. The minimum Gasteiger partial charge on any atom is -0.467 e. The number of ether oxygens (including phenoxy) is 1. The highest BCUT2D eigenvalue weighted by atomic mass is 32.2. The van der Waals surface area contributed by atoms with Crippen molar-refractivity contribution in [2.75, 3.05) is 7.11 Å². The summed E-state index contributed by atoms with van der Waals surface area (Å²) < 4.78 is 4.86. The summed E-state index contributed by atoms with van der Waals surface area (Å²) in [6, 6.07) is 18.7. The van der Waals surface area contributed by atoms with E-state index in [1.165, 1.54) is 18.9 Å². The van der Waals surface area contributed by atoms with Crippen LogP contribution >= 0.6 is 11.8 Å². The molecule has 2 rings (SSSR count). The third kappa shape index (κ3) is 5.92. The standard InChI is InChI=1S/C21H25NO3S/c1-15(2)14-18(21(24)25-3)22-20(23)19(16-10-6-4-7-11-16)26-17-12-8-5-9-13-17/h4-13,15,18-19H,14H2,1-3H3,(H,22,23). The Bertz CT molecular complexity index is 704. The van der Waals surface area contributed by atoms with Crippen LogP contribution in [0.4, 0.5) is 0 Å². The minimum absolute atomic E-state index is 0.193. The van der Waals surface area contributed by atoms with Gasteiger partial charge in [0, 0.05) is 4.90 Å². The number of hydrogen-bond donors (Lipinski definition) is 1. The fraction of sp³-hybridized carbons (Fsp3) is 0.333. The second-order valence-electron chi connectivity index (χ2n) is 6.44. The van der Waals surface area contributed by atoms with E-state index in [0.717, 1.165) is 10.5 Å². The average molecular weight is 372 g/mol. The van der Waals surface area contributed by atoms with E-state index in [1.54, 1.807) is 0 Å². The number of carbonyl (C=O) groups excluding carboxylic acids is 2. The van der Waals surface area contributed by atoms with Crippen LogP contribution in [0.2, 0.25) is 0 Å². The second-order valence-corrected chi connectivity index (χ2v) is 7.61. The van der Waals surface area contributed by atoms with E-state index in [1.807, 2.05) is 74.5 Å². The summed E-state index contributed by atoms with van der Waals surface area (Å²) in [7, 11) is 1.34. The Morgan fingerprint density at radius 2 is 1.58 bits per heavy atom. The Hall–Kier alpha value is -2.27. The molecule has 0 bridgehead atoms. The molecule has 2 atom stereocenters. The minimum atomic E-state index is -0.643. The molecule has 0 aliphatic carbocycles. The van der Waals surface area contributed by atoms with Gasteiger partial charge < -0.3 is 10.1 Å². The molecule has 0 spiro atoms. The number of hydrogen-bond acceptors (Lipinski definition) is 4. The van der Waals surface area contributed by atoms with Gasteiger partial charge >= 0.3 is 5.97 Å². The van der Waals surface area contributed by atoms with Gasteiger partial charge in [0.25, 0.3) is 0 Å². The molecule has 0 saturated heterocycles. The molecular formula is C21H25NO3S. The molecule has 2 aromatic rings. The van der Waals surface area contributed by atoms with Crippen molar-refractivity contribution >= 4 is 23.6 Å².